The smallest absolute Gasteiger partial charge is 0.242 e. The number of halogens is 1. The lowest BCUT2D eigenvalue weighted by Crippen LogP contribution is -2.34. The second-order valence-corrected chi connectivity index (χ2v) is 5.97. The molecule has 0 spiro atoms. The summed E-state index contributed by atoms with van der Waals surface area (Å²) in [4.78, 5) is -0.334. The third-order valence-electron chi connectivity index (χ3n) is 2.35. The highest BCUT2D eigenvalue weighted by atomic mass is 32.2. The lowest BCUT2D eigenvalue weighted by Gasteiger charge is -2.10. The van der Waals surface area contributed by atoms with Crippen molar-refractivity contribution >= 4 is 10.0 Å². The highest BCUT2D eigenvalue weighted by molar-refractivity contribution is 7.89. The standard InChI is InChI=1S/C12H16FN3O2S/c1-9(2)15-6-7-16-19(17,18)12-5-3-4-11(13)10(12)8-14/h3-5,9,15-16H,6-7H2,1-2H3. The van der Waals surface area contributed by atoms with Gasteiger partial charge >= 0.3 is 0 Å². The summed E-state index contributed by atoms with van der Waals surface area (Å²) in [7, 11) is -3.88. The molecule has 0 atom stereocenters. The summed E-state index contributed by atoms with van der Waals surface area (Å²) in [6.45, 7) is 4.50. The van der Waals surface area contributed by atoms with E-state index < -0.39 is 21.4 Å². The van der Waals surface area contributed by atoms with Crippen LogP contribution in [0.3, 0.4) is 0 Å². The lowest BCUT2D eigenvalue weighted by molar-refractivity contribution is 0.557. The Bertz CT molecular complexity index is 579. The third-order valence-corrected chi connectivity index (χ3v) is 3.85. The Morgan fingerprint density at radius 1 is 1.37 bits per heavy atom. The SMILES string of the molecule is CC(C)NCCNS(=O)(=O)c1cccc(F)c1C#N. The van der Waals surface area contributed by atoms with Crippen LogP contribution in [0.5, 0.6) is 0 Å². The molecule has 7 heteroatoms. The van der Waals surface area contributed by atoms with Crippen molar-refractivity contribution in [1.29, 1.82) is 5.26 Å². The van der Waals surface area contributed by atoms with Crippen molar-refractivity contribution in [2.45, 2.75) is 24.8 Å². The minimum Gasteiger partial charge on any atom is -0.313 e. The summed E-state index contributed by atoms with van der Waals surface area (Å²) in [6, 6.07) is 5.34. The van der Waals surface area contributed by atoms with Crippen LogP contribution in [-0.4, -0.2) is 27.5 Å². The van der Waals surface area contributed by atoms with E-state index in [1.165, 1.54) is 12.1 Å². The van der Waals surface area contributed by atoms with E-state index >= 15 is 0 Å². The molecule has 0 bridgehead atoms. The largest absolute Gasteiger partial charge is 0.313 e. The molecule has 19 heavy (non-hydrogen) atoms. The van der Waals surface area contributed by atoms with Gasteiger partial charge in [-0.3, -0.25) is 0 Å². The Balaban J connectivity index is 2.84. The van der Waals surface area contributed by atoms with Gasteiger partial charge in [-0.25, -0.2) is 17.5 Å². The second kappa shape index (κ2) is 6.61. The molecular formula is C12H16FN3O2S. The summed E-state index contributed by atoms with van der Waals surface area (Å²) in [6.07, 6.45) is 0. The van der Waals surface area contributed by atoms with E-state index in [2.05, 4.69) is 10.0 Å². The molecule has 0 aliphatic carbocycles. The van der Waals surface area contributed by atoms with E-state index in [9.17, 15) is 12.8 Å². The van der Waals surface area contributed by atoms with Crippen LogP contribution in [0.15, 0.2) is 23.1 Å². The van der Waals surface area contributed by atoms with Gasteiger partial charge in [0.1, 0.15) is 22.3 Å². The average molecular weight is 285 g/mol. The van der Waals surface area contributed by atoms with Gasteiger partial charge in [0, 0.05) is 19.1 Å². The van der Waals surface area contributed by atoms with Crippen molar-refractivity contribution in [2.75, 3.05) is 13.1 Å². The Morgan fingerprint density at radius 3 is 2.63 bits per heavy atom. The van der Waals surface area contributed by atoms with Crippen LogP contribution in [0, 0.1) is 17.1 Å². The van der Waals surface area contributed by atoms with Crippen LogP contribution in [0.2, 0.25) is 0 Å². The average Bonchev–Trinajstić information content (AvgIpc) is 2.34. The molecule has 5 nitrogen and oxygen atoms in total. The molecule has 1 aromatic rings. The topological polar surface area (TPSA) is 82.0 Å². The number of sulfonamides is 1. The first-order valence-corrected chi connectivity index (χ1v) is 7.28. The fourth-order valence-electron chi connectivity index (χ4n) is 1.46. The van der Waals surface area contributed by atoms with Crippen LogP contribution in [0.1, 0.15) is 19.4 Å². The molecule has 0 unspecified atom stereocenters. The number of rotatable bonds is 6. The van der Waals surface area contributed by atoms with Crippen LogP contribution in [-0.2, 0) is 10.0 Å². The van der Waals surface area contributed by atoms with Crippen LogP contribution >= 0.6 is 0 Å². The Morgan fingerprint density at radius 2 is 2.05 bits per heavy atom. The summed E-state index contributed by atoms with van der Waals surface area (Å²) in [5.74, 6) is -0.842. The van der Waals surface area contributed by atoms with Crippen molar-refractivity contribution in [3.05, 3.63) is 29.6 Å². The van der Waals surface area contributed by atoms with E-state index in [1.54, 1.807) is 6.07 Å². The molecule has 0 aliphatic heterocycles. The molecular weight excluding hydrogens is 269 g/mol. The lowest BCUT2D eigenvalue weighted by atomic mass is 10.2. The molecule has 1 aromatic carbocycles. The van der Waals surface area contributed by atoms with E-state index in [-0.39, 0.29) is 17.5 Å². The zero-order valence-corrected chi connectivity index (χ0v) is 11.6. The first-order chi connectivity index (χ1) is 8.88. The molecule has 2 N–H and O–H groups in total. The fraction of sp³-hybridized carbons (Fsp3) is 0.417. The van der Waals surface area contributed by atoms with Gasteiger partial charge in [0.15, 0.2) is 0 Å². The monoisotopic (exact) mass is 285 g/mol. The van der Waals surface area contributed by atoms with Crippen molar-refractivity contribution in [3.8, 4) is 6.07 Å². The number of hydrogen-bond donors (Lipinski definition) is 2. The molecule has 104 valence electrons. The molecule has 0 saturated heterocycles. The van der Waals surface area contributed by atoms with E-state index in [1.807, 2.05) is 13.8 Å². The minimum absolute atomic E-state index is 0.169. The third kappa shape index (κ3) is 4.28. The second-order valence-electron chi connectivity index (χ2n) is 4.23. The maximum absolute atomic E-state index is 13.3. The molecule has 0 fully saturated rings. The predicted octanol–water partition coefficient (Wildman–Crippen LogP) is 0.974. The highest BCUT2D eigenvalue weighted by Gasteiger charge is 2.20. The van der Waals surface area contributed by atoms with Crippen molar-refractivity contribution in [1.82, 2.24) is 10.0 Å². The zero-order valence-electron chi connectivity index (χ0n) is 10.8. The van der Waals surface area contributed by atoms with Crippen molar-refractivity contribution < 1.29 is 12.8 Å². The van der Waals surface area contributed by atoms with E-state index in [0.717, 1.165) is 6.07 Å². The highest BCUT2D eigenvalue weighted by Crippen LogP contribution is 2.17. The Kier molecular flexibility index (Phi) is 5.42. The minimum atomic E-state index is -3.88. The van der Waals surface area contributed by atoms with Gasteiger partial charge in [-0.1, -0.05) is 19.9 Å². The van der Waals surface area contributed by atoms with Gasteiger partial charge < -0.3 is 5.32 Å². The van der Waals surface area contributed by atoms with Crippen LogP contribution in [0.25, 0.3) is 0 Å². The zero-order chi connectivity index (χ0) is 14.5. The van der Waals surface area contributed by atoms with Gasteiger partial charge in [0.25, 0.3) is 0 Å². The van der Waals surface area contributed by atoms with Crippen LogP contribution < -0.4 is 10.0 Å². The first kappa shape index (κ1) is 15.6. The van der Waals surface area contributed by atoms with Gasteiger partial charge in [0.2, 0.25) is 10.0 Å². The predicted molar refractivity (Wildman–Crippen MR) is 69.4 cm³/mol. The molecule has 0 amide bonds. The quantitative estimate of drug-likeness (QED) is 0.763. The number of nitrogens with one attached hydrogen (secondary N) is 2. The molecule has 0 radical (unpaired) electrons. The summed E-state index contributed by atoms with van der Waals surface area (Å²) in [5, 5.41) is 11.9. The van der Waals surface area contributed by atoms with E-state index in [0.29, 0.717) is 6.54 Å². The molecule has 0 heterocycles. The molecule has 0 saturated carbocycles. The van der Waals surface area contributed by atoms with Gasteiger partial charge in [0.05, 0.1) is 0 Å². The van der Waals surface area contributed by atoms with E-state index in [4.69, 9.17) is 5.26 Å². The maximum Gasteiger partial charge on any atom is 0.242 e. The number of benzene rings is 1. The Hall–Kier alpha value is -1.49. The number of hydrogen-bond acceptors (Lipinski definition) is 4. The van der Waals surface area contributed by atoms with Crippen molar-refractivity contribution in [3.63, 3.8) is 0 Å². The van der Waals surface area contributed by atoms with Crippen LogP contribution in [0.4, 0.5) is 4.39 Å². The fourth-order valence-corrected chi connectivity index (χ4v) is 2.66. The maximum atomic E-state index is 13.3. The van der Waals surface area contributed by atoms with Crippen molar-refractivity contribution in [2.24, 2.45) is 0 Å². The van der Waals surface area contributed by atoms with Gasteiger partial charge in [-0.2, -0.15) is 5.26 Å². The summed E-state index contributed by atoms with van der Waals surface area (Å²) in [5.41, 5.74) is -0.466. The Labute approximate surface area is 112 Å². The first-order valence-electron chi connectivity index (χ1n) is 5.80. The number of nitriles is 1. The molecule has 1 rings (SSSR count). The van der Waals surface area contributed by atoms with Gasteiger partial charge in [-0.15, -0.1) is 0 Å². The molecule has 0 aliphatic rings. The summed E-state index contributed by atoms with van der Waals surface area (Å²) >= 11 is 0. The number of nitrogens with zero attached hydrogens (tertiary/aromatic N) is 1. The summed E-state index contributed by atoms with van der Waals surface area (Å²) < 4.78 is 39.6. The normalized spacial score (nSPS) is 11.5. The molecule has 0 aromatic heterocycles. The van der Waals surface area contributed by atoms with Gasteiger partial charge in [-0.05, 0) is 12.1 Å².